The molecule has 4 N–H and O–H groups in total. The van der Waals surface area contributed by atoms with E-state index in [4.69, 9.17) is 5.73 Å². The van der Waals surface area contributed by atoms with Gasteiger partial charge in [-0.25, -0.2) is 4.79 Å². The quantitative estimate of drug-likeness (QED) is 0.671. The standard InChI is InChI=1S/C17H23N5O2/c1-12-10-13(2)22(21-12)9-3-8-19-16(23)15-6-4-14(5-7-15)11-20-17(18)24/h4-7,10H,3,8-9,11H2,1-2H3,(H,19,23)(H3,18,20,24). The summed E-state index contributed by atoms with van der Waals surface area (Å²) in [5.41, 5.74) is 8.62. The first kappa shape index (κ1) is 17.5. The summed E-state index contributed by atoms with van der Waals surface area (Å²) in [7, 11) is 0. The van der Waals surface area contributed by atoms with Gasteiger partial charge in [-0.05, 0) is 44.0 Å². The van der Waals surface area contributed by atoms with Crippen molar-refractivity contribution < 1.29 is 9.59 Å². The number of hydrogen-bond donors (Lipinski definition) is 3. The summed E-state index contributed by atoms with van der Waals surface area (Å²) < 4.78 is 1.95. The molecule has 0 fully saturated rings. The zero-order valence-corrected chi connectivity index (χ0v) is 14.0. The van der Waals surface area contributed by atoms with Gasteiger partial charge in [0.25, 0.3) is 5.91 Å². The van der Waals surface area contributed by atoms with Crippen molar-refractivity contribution in [3.05, 3.63) is 52.8 Å². The van der Waals surface area contributed by atoms with Crippen LogP contribution in [0.1, 0.15) is 33.7 Å². The molecule has 0 radical (unpaired) electrons. The molecule has 3 amide bonds. The van der Waals surface area contributed by atoms with Gasteiger partial charge >= 0.3 is 6.03 Å². The van der Waals surface area contributed by atoms with Crippen molar-refractivity contribution in [2.24, 2.45) is 5.73 Å². The Hall–Kier alpha value is -2.83. The molecule has 0 aliphatic rings. The smallest absolute Gasteiger partial charge is 0.312 e. The number of urea groups is 1. The molecule has 0 unspecified atom stereocenters. The molecule has 2 aromatic rings. The van der Waals surface area contributed by atoms with Crippen LogP contribution < -0.4 is 16.4 Å². The summed E-state index contributed by atoms with van der Waals surface area (Å²) in [6.07, 6.45) is 0.814. The highest BCUT2D eigenvalue weighted by Crippen LogP contribution is 2.05. The van der Waals surface area contributed by atoms with Crippen LogP contribution in [0.25, 0.3) is 0 Å². The number of aromatic nitrogens is 2. The molecule has 2 rings (SSSR count). The number of amides is 3. The molecular formula is C17H23N5O2. The molecular weight excluding hydrogens is 306 g/mol. The van der Waals surface area contributed by atoms with E-state index in [-0.39, 0.29) is 5.91 Å². The molecule has 1 heterocycles. The Bertz CT molecular complexity index is 706. The Kier molecular flexibility index (Phi) is 5.95. The van der Waals surface area contributed by atoms with Crippen molar-refractivity contribution in [1.82, 2.24) is 20.4 Å². The molecule has 0 spiro atoms. The van der Waals surface area contributed by atoms with E-state index in [9.17, 15) is 9.59 Å². The first-order valence-corrected chi connectivity index (χ1v) is 7.87. The van der Waals surface area contributed by atoms with Gasteiger partial charge in [0.15, 0.2) is 0 Å². The van der Waals surface area contributed by atoms with Crippen LogP contribution in [-0.2, 0) is 13.1 Å². The van der Waals surface area contributed by atoms with Gasteiger partial charge < -0.3 is 16.4 Å². The van der Waals surface area contributed by atoms with E-state index in [2.05, 4.69) is 15.7 Å². The van der Waals surface area contributed by atoms with Crippen molar-refractivity contribution in [2.45, 2.75) is 33.4 Å². The van der Waals surface area contributed by atoms with Crippen LogP contribution in [-0.4, -0.2) is 28.3 Å². The highest BCUT2D eigenvalue weighted by molar-refractivity contribution is 5.94. The third-order valence-electron chi connectivity index (χ3n) is 3.62. The van der Waals surface area contributed by atoms with Crippen molar-refractivity contribution in [1.29, 1.82) is 0 Å². The second-order valence-electron chi connectivity index (χ2n) is 5.67. The zero-order chi connectivity index (χ0) is 17.5. The topological polar surface area (TPSA) is 102 Å². The van der Waals surface area contributed by atoms with Crippen LogP contribution in [0.15, 0.2) is 30.3 Å². The third kappa shape index (κ3) is 5.12. The molecule has 0 aliphatic carbocycles. The molecule has 1 aromatic carbocycles. The lowest BCUT2D eigenvalue weighted by molar-refractivity contribution is 0.0952. The van der Waals surface area contributed by atoms with E-state index in [0.29, 0.717) is 18.7 Å². The second kappa shape index (κ2) is 8.14. The van der Waals surface area contributed by atoms with Crippen molar-refractivity contribution in [3.63, 3.8) is 0 Å². The van der Waals surface area contributed by atoms with Crippen LogP contribution >= 0.6 is 0 Å². The van der Waals surface area contributed by atoms with Gasteiger partial charge in [0.05, 0.1) is 5.69 Å². The lowest BCUT2D eigenvalue weighted by atomic mass is 10.1. The number of primary amides is 1. The monoisotopic (exact) mass is 329 g/mol. The fourth-order valence-electron chi connectivity index (χ4n) is 2.40. The predicted molar refractivity (Wildman–Crippen MR) is 91.5 cm³/mol. The van der Waals surface area contributed by atoms with Crippen molar-refractivity contribution >= 4 is 11.9 Å². The van der Waals surface area contributed by atoms with Gasteiger partial charge in [0, 0.05) is 30.9 Å². The van der Waals surface area contributed by atoms with Crippen molar-refractivity contribution in [3.8, 4) is 0 Å². The third-order valence-corrected chi connectivity index (χ3v) is 3.62. The normalized spacial score (nSPS) is 10.4. The highest BCUT2D eigenvalue weighted by atomic mass is 16.2. The number of carbonyl (C=O) groups is 2. The SMILES string of the molecule is Cc1cc(C)n(CCCNC(=O)c2ccc(CNC(N)=O)cc2)n1. The summed E-state index contributed by atoms with van der Waals surface area (Å²) in [6, 6.07) is 8.51. The number of hydrogen-bond acceptors (Lipinski definition) is 3. The highest BCUT2D eigenvalue weighted by Gasteiger charge is 2.06. The van der Waals surface area contributed by atoms with Gasteiger partial charge in [-0.3, -0.25) is 9.48 Å². The molecule has 0 saturated carbocycles. The minimum Gasteiger partial charge on any atom is -0.352 e. The maximum absolute atomic E-state index is 12.1. The van der Waals surface area contributed by atoms with Gasteiger partial charge in [-0.15, -0.1) is 0 Å². The van der Waals surface area contributed by atoms with Crippen LogP contribution in [0, 0.1) is 13.8 Å². The Labute approximate surface area is 141 Å². The number of aryl methyl sites for hydroxylation is 3. The van der Waals surface area contributed by atoms with Crippen LogP contribution in [0.4, 0.5) is 4.79 Å². The Morgan fingerprint density at radius 1 is 1.17 bits per heavy atom. The molecule has 0 aliphatic heterocycles. The number of nitrogens with two attached hydrogens (primary N) is 1. The number of nitrogens with zero attached hydrogens (tertiary/aromatic N) is 2. The molecule has 128 valence electrons. The van der Waals surface area contributed by atoms with Gasteiger partial charge in [0.2, 0.25) is 0 Å². The summed E-state index contributed by atoms with van der Waals surface area (Å²) in [6.45, 7) is 5.70. The summed E-state index contributed by atoms with van der Waals surface area (Å²) in [5, 5.41) is 9.79. The molecule has 1 aromatic heterocycles. The summed E-state index contributed by atoms with van der Waals surface area (Å²) >= 11 is 0. The molecule has 0 bridgehead atoms. The first-order chi connectivity index (χ1) is 11.5. The Morgan fingerprint density at radius 3 is 2.46 bits per heavy atom. The fraction of sp³-hybridized carbons (Fsp3) is 0.353. The van der Waals surface area contributed by atoms with Crippen LogP contribution in [0.5, 0.6) is 0 Å². The Morgan fingerprint density at radius 2 is 1.88 bits per heavy atom. The van der Waals surface area contributed by atoms with E-state index in [1.54, 1.807) is 24.3 Å². The maximum atomic E-state index is 12.1. The minimum absolute atomic E-state index is 0.113. The average Bonchev–Trinajstić information content (AvgIpc) is 2.87. The number of nitrogens with one attached hydrogen (secondary N) is 2. The predicted octanol–water partition coefficient (Wildman–Crippen LogP) is 1.49. The van der Waals surface area contributed by atoms with Crippen molar-refractivity contribution in [2.75, 3.05) is 6.54 Å². The van der Waals surface area contributed by atoms with E-state index >= 15 is 0 Å². The number of benzene rings is 1. The number of rotatable bonds is 7. The summed E-state index contributed by atoms with van der Waals surface area (Å²) in [4.78, 5) is 22.7. The van der Waals surface area contributed by atoms with E-state index in [0.717, 1.165) is 29.9 Å². The van der Waals surface area contributed by atoms with Crippen LogP contribution in [0.2, 0.25) is 0 Å². The lowest BCUT2D eigenvalue weighted by Crippen LogP contribution is -2.28. The molecule has 7 heteroatoms. The molecule has 0 atom stereocenters. The average molecular weight is 329 g/mol. The maximum Gasteiger partial charge on any atom is 0.312 e. The van der Waals surface area contributed by atoms with E-state index in [1.165, 1.54) is 0 Å². The van der Waals surface area contributed by atoms with Gasteiger partial charge in [-0.2, -0.15) is 5.10 Å². The van der Waals surface area contributed by atoms with Gasteiger partial charge in [-0.1, -0.05) is 12.1 Å². The zero-order valence-electron chi connectivity index (χ0n) is 14.0. The first-order valence-electron chi connectivity index (χ1n) is 7.87. The van der Waals surface area contributed by atoms with Crippen LogP contribution in [0.3, 0.4) is 0 Å². The van der Waals surface area contributed by atoms with E-state index < -0.39 is 6.03 Å². The second-order valence-corrected chi connectivity index (χ2v) is 5.67. The largest absolute Gasteiger partial charge is 0.352 e. The minimum atomic E-state index is -0.570. The van der Waals surface area contributed by atoms with E-state index in [1.807, 2.05) is 24.6 Å². The fourth-order valence-corrected chi connectivity index (χ4v) is 2.40. The molecule has 24 heavy (non-hydrogen) atoms. The van der Waals surface area contributed by atoms with Gasteiger partial charge in [0.1, 0.15) is 0 Å². The molecule has 7 nitrogen and oxygen atoms in total. The Balaban J connectivity index is 1.76. The lowest BCUT2D eigenvalue weighted by Gasteiger charge is -2.08. The number of carbonyl (C=O) groups excluding carboxylic acids is 2. The summed E-state index contributed by atoms with van der Waals surface area (Å²) in [5.74, 6) is -0.113. The molecule has 0 saturated heterocycles.